The minimum absolute atomic E-state index is 0.0864. The fourth-order valence-corrected chi connectivity index (χ4v) is 4.46. The first-order chi connectivity index (χ1) is 11.0. The maximum Gasteiger partial charge on any atom is 0.307 e. The summed E-state index contributed by atoms with van der Waals surface area (Å²) in [6.07, 6.45) is 3.84. The van der Waals surface area contributed by atoms with E-state index in [4.69, 9.17) is 0 Å². The summed E-state index contributed by atoms with van der Waals surface area (Å²) in [4.78, 5) is 24.2. The SMILES string of the molecule is CCc1ccc([C@H](C)NC(=O)[C@@H]2[C@H]3CC[C@@H](C3)[C@@H]2C(=O)O)cc1. The van der Waals surface area contributed by atoms with E-state index in [-0.39, 0.29) is 29.7 Å². The summed E-state index contributed by atoms with van der Waals surface area (Å²) in [6.45, 7) is 4.07. The normalized spacial score (nSPS) is 30.2. The third kappa shape index (κ3) is 2.99. The fourth-order valence-electron chi connectivity index (χ4n) is 4.46. The maximum absolute atomic E-state index is 12.7. The topological polar surface area (TPSA) is 66.4 Å². The maximum atomic E-state index is 12.7. The second-order valence-corrected chi connectivity index (χ2v) is 7.05. The standard InChI is InChI=1S/C19H25NO3/c1-3-12-4-6-13(7-5-12)11(2)20-18(21)16-14-8-9-15(10-14)17(16)19(22)23/h4-7,11,14-17H,3,8-10H2,1-2H3,(H,20,21)(H,22,23)/t11-,14-,15-,16+,17-/m0/s1. The Morgan fingerprint density at radius 3 is 2.35 bits per heavy atom. The Balaban J connectivity index is 1.69. The molecule has 0 aromatic heterocycles. The van der Waals surface area contributed by atoms with E-state index < -0.39 is 11.9 Å². The van der Waals surface area contributed by atoms with Crippen molar-refractivity contribution in [3.8, 4) is 0 Å². The van der Waals surface area contributed by atoms with Crippen molar-refractivity contribution in [3.05, 3.63) is 35.4 Å². The molecule has 124 valence electrons. The van der Waals surface area contributed by atoms with Gasteiger partial charge in [-0.05, 0) is 55.6 Å². The Morgan fingerprint density at radius 2 is 1.78 bits per heavy atom. The van der Waals surface area contributed by atoms with Crippen molar-refractivity contribution in [2.24, 2.45) is 23.7 Å². The van der Waals surface area contributed by atoms with Crippen LogP contribution in [0, 0.1) is 23.7 Å². The van der Waals surface area contributed by atoms with Crippen LogP contribution >= 0.6 is 0 Å². The van der Waals surface area contributed by atoms with Crippen LogP contribution in [0.4, 0.5) is 0 Å². The van der Waals surface area contributed by atoms with Crippen molar-refractivity contribution in [2.45, 2.75) is 45.6 Å². The molecule has 1 aromatic carbocycles. The Bertz CT molecular complexity index is 595. The van der Waals surface area contributed by atoms with Crippen molar-refractivity contribution in [1.29, 1.82) is 0 Å². The lowest BCUT2D eigenvalue weighted by atomic mass is 9.78. The van der Waals surface area contributed by atoms with Crippen LogP contribution in [0.3, 0.4) is 0 Å². The van der Waals surface area contributed by atoms with Crippen molar-refractivity contribution < 1.29 is 14.7 Å². The number of hydrogen-bond donors (Lipinski definition) is 2. The number of amides is 1. The number of carboxylic acids is 1. The number of carboxylic acid groups (broad SMARTS) is 1. The Labute approximate surface area is 137 Å². The zero-order chi connectivity index (χ0) is 16.6. The van der Waals surface area contributed by atoms with Crippen LogP contribution in [-0.4, -0.2) is 17.0 Å². The van der Waals surface area contributed by atoms with Gasteiger partial charge in [-0.2, -0.15) is 0 Å². The van der Waals surface area contributed by atoms with Gasteiger partial charge in [-0.25, -0.2) is 0 Å². The number of fused-ring (bicyclic) bond motifs is 2. The van der Waals surface area contributed by atoms with E-state index in [1.54, 1.807) is 0 Å². The van der Waals surface area contributed by atoms with E-state index in [1.165, 1.54) is 5.56 Å². The monoisotopic (exact) mass is 315 g/mol. The average Bonchev–Trinajstić information content (AvgIpc) is 3.15. The molecule has 2 N–H and O–H groups in total. The molecule has 2 aliphatic carbocycles. The summed E-state index contributed by atoms with van der Waals surface area (Å²) in [7, 11) is 0. The molecule has 0 aliphatic heterocycles. The first kappa shape index (κ1) is 16.0. The zero-order valence-corrected chi connectivity index (χ0v) is 13.8. The molecule has 2 bridgehead atoms. The highest BCUT2D eigenvalue weighted by atomic mass is 16.4. The predicted octanol–water partition coefficient (Wildman–Crippen LogP) is 3.17. The van der Waals surface area contributed by atoms with Gasteiger partial charge >= 0.3 is 5.97 Å². The second kappa shape index (κ2) is 6.34. The van der Waals surface area contributed by atoms with Gasteiger partial charge in [0, 0.05) is 0 Å². The molecule has 0 radical (unpaired) electrons. The molecule has 0 saturated heterocycles. The number of hydrogen-bond acceptors (Lipinski definition) is 2. The van der Waals surface area contributed by atoms with Gasteiger partial charge in [0.1, 0.15) is 0 Å². The average molecular weight is 315 g/mol. The summed E-state index contributed by atoms with van der Waals surface area (Å²) >= 11 is 0. The largest absolute Gasteiger partial charge is 0.481 e. The van der Waals surface area contributed by atoms with Crippen LogP contribution in [0.25, 0.3) is 0 Å². The molecule has 3 rings (SSSR count). The van der Waals surface area contributed by atoms with Gasteiger partial charge < -0.3 is 10.4 Å². The lowest BCUT2D eigenvalue weighted by molar-refractivity contribution is -0.149. The van der Waals surface area contributed by atoms with E-state index in [0.29, 0.717) is 0 Å². The van der Waals surface area contributed by atoms with Crippen LogP contribution in [0.1, 0.15) is 50.3 Å². The third-order valence-electron chi connectivity index (χ3n) is 5.75. The summed E-state index contributed by atoms with van der Waals surface area (Å²) in [5.74, 6) is -1.32. The highest BCUT2D eigenvalue weighted by Gasteiger charge is 2.54. The quantitative estimate of drug-likeness (QED) is 0.877. The minimum Gasteiger partial charge on any atom is -0.481 e. The number of aliphatic carboxylic acids is 1. The zero-order valence-electron chi connectivity index (χ0n) is 13.8. The molecule has 0 spiro atoms. The molecule has 1 aromatic rings. The van der Waals surface area contributed by atoms with E-state index in [9.17, 15) is 14.7 Å². The minimum atomic E-state index is -0.808. The third-order valence-corrected chi connectivity index (χ3v) is 5.75. The Kier molecular flexibility index (Phi) is 4.42. The lowest BCUT2D eigenvalue weighted by Crippen LogP contribution is -2.42. The Hall–Kier alpha value is -1.84. The highest BCUT2D eigenvalue weighted by molar-refractivity contribution is 5.86. The molecule has 0 heterocycles. The van der Waals surface area contributed by atoms with E-state index >= 15 is 0 Å². The molecule has 2 aliphatic rings. The van der Waals surface area contributed by atoms with Gasteiger partial charge in [0.25, 0.3) is 0 Å². The number of carbonyl (C=O) groups excluding carboxylic acids is 1. The first-order valence-corrected chi connectivity index (χ1v) is 8.63. The number of nitrogens with one attached hydrogen (secondary N) is 1. The second-order valence-electron chi connectivity index (χ2n) is 7.05. The lowest BCUT2D eigenvalue weighted by Gasteiger charge is -2.28. The smallest absolute Gasteiger partial charge is 0.307 e. The van der Waals surface area contributed by atoms with Crippen molar-refractivity contribution in [1.82, 2.24) is 5.32 Å². The first-order valence-electron chi connectivity index (χ1n) is 8.63. The van der Waals surface area contributed by atoms with Crippen LogP contribution < -0.4 is 5.32 Å². The van der Waals surface area contributed by atoms with E-state index in [0.717, 1.165) is 31.2 Å². The molecule has 0 unspecified atom stereocenters. The summed E-state index contributed by atoms with van der Waals surface area (Å²) in [6, 6.07) is 8.14. The van der Waals surface area contributed by atoms with E-state index in [2.05, 4.69) is 24.4 Å². The Morgan fingerprint density at radius 1 is 1.17 bits per heavy atom. The molecule has 23 heavy (non-hydrogen) atoms. The van der Waals surface area contributed by atoms with Gasteiger partial charge in [0.2, 0.25) is 5.91 Å². The van der Waals surface area contributed by atoms with E-state index in [1.807, 2.05) is 19.1 Å². The summed E-state index contributed by atoms with van der Waals surface area (Å²) in [5, 5.41) is 12.5. The molecular weight excluding hydrogens is 290 g/mol. The fraction of sp³-hybridized carbons (Fsp3) is 0.579. The van der Waals surface area contributed by atoms with Gasteiger partial charge in [0.15, 0.2) is 0 Å². The highest BCUT2D eigenvalue weighted by Crippen LogP contribution is 2.52. The van der Waals surface area contributed by atoms with Gasteiger partial charge in [0.05, 0.1) is 17.9 Å². The molecule has 1 amide bonds. The predicted molar refractivity (Wildman–Crippen MR) is 87.8 cm³/mol. The molecule has 4 heteroatoms. The molecular formula is C19H25NO3. The van der Waals surface area contributed by atoms with Crippen LogP contribution in [0.15, 0.2) is 24.3 Å². The van der Waals surface area contributed by atoms with Gasteiger partial charge in [-0.15, -0.1) is 0 Å². The molecule has 4 nitrogen and oxygen atoms in total. The van der Waals surface area contributed by atoms with Crippen LogP contribution in [0.5, 0.6) is 0 Å². The summed E-state index contributed by atoms with van der Waals surface area (Å²) < 4.78 is 0. The number of aryl methyl sites for hydroxylation is 1. The van der Waals surface area contributed by atoms with Gasteiger partial charge in [-0.3, -0.25) is 9.59 Å². The number of benzene rings is 1. The van der Waals surface area contributed by atoms with Crippen LogP contribution in [-0.2, 0) is 16.0 Å². The van der Waals surface area contributed by atoms with Crippen LogP contribution in [0.2, 0.25) is 0 Å². The van der Waals surface area contributed by atoms with Crippen molar-refractivity contribution in [2.75, 3.05) is 0 Å². The van der Waals surface area contributed by atoms with Crippen molar-refractivity contribution in [3.63, 3.8) is 0 Å². The molecule has 2 fully saturated rings. The van der Waals surface area contributed by atoms with Gasteiger partial charge in [-0.1, -0.05) is 31.2 Å². The number of rotatable bonds is 5. The summed E-state index contributed by atoms with van der Waals surface area (Å²) in [5.41, 5.74) is 2.33. The van der Waals surface area contributed by atoms with Crippen molar-refractivity contribution >= 4 is 11.9 Å². The molecule has 2 saturated carbocycles. The molecule has 5 atom stereocenters. The number of carbonyl (C=O) groups is 2.